The summed E-state index contributed by atoms with van der Waals surface area (Å²) in [6.07, 6.45) is 0.861. The molecule has 1 heterocycles. The van der Waals surface area contributed by atoms with Crippen LogP contribution < -0.4 is 5.32 Å². The molecule has 5 nitrogen and oxygen atoms in total. The molecule has 152 valence electrons. The normalized spacial score (nSPS) is 10.9. The van der Waals surface area contributed by atoms with Crippen LogP contribution >= 0.6 is 35.0 Å². The number of carbonyl (C=O) groups is 1. The van der Waals surface area contributed by atoms with Crippen LogP contribution in [0.4, 0.5) is 5.69 Å². The molecule has 8 heteroatoms. The third-order valence-corrected chi connectivity index (χ3v) is 6.06. The van der Waals surface area contributed by atoms with Crippen LogP contribution in [0.3, 0.4) is 0 Å². The molecule has 3 rings (SSSR count). The largest absolute Gasteiger partial charge is 0.325 e. The lowest BCUT2D eigenvalue weighted by atomic mass is 10.1. The molecule has 0 saturated heterocycles. The molecule has 0 unspecified atom stereocenters. The summed E-state index contributed by atoms with van der Waals surface area (Å²) in [5.74, 6) is 0.823. The molecule has 0 fully saturated rings. The first-order valence-corrected chi connectivity index (χ1v) is 11.1. The van der Waals surface area contributed by atoms with E-state index in [1.807, 2.05) is 42.7 Å². The average molecular weight is 449 g/mol. The first-order valence-electron chi connectivity index (χ1n) is 9.34. The number of amides is 1. The Morgan fingerprint density at radius 2 is 1.97 bits per heavy atom. The topological polar surface area (TPSA) is 59.8 Å². The monoisotopic (exact) mass is 448 g/mol. The number of rotatable bonds is 7. The van der Waals surface area contributed by atoms with Crippen molar-refractivity contribution in [2.24, 2.45) is 0 Å². The third-order valence-electron chi connectivity index (χ3n) is 4.54. The number of nitrogens with zero attached hydrogens (tertiary/aromatic N) is 3. The van der Waals surface area contributed by atoms with E-state index in [2.05, 4.69) is 22.4 Å². The number of aryl methyl sites for hydroxylation is 2. The minimum atomic E-state index is -0.0734. The highest BCUT2D eigenvalue weighted by Gasteiger charge is 2.17. The van der Waals surface area contributed by atoms with Gasteiger partial charge in [0.1, 0.15) is 0 Å². The van der Waals surface area contributed by atoms with Gasteiger partial charge in [0, 0.05) is 22.8 Å². The van der Waals surface area contributed by atoms with Gasteiger partial charge in [0.25, 0.3) is 0 Å². The van der Waals surface area contributed by atoms with E-state index in [9.17, 15) is 4.79 Å². The van der Waals surface area contributed by atoms with Gasteiger partial charge in [-0.1, -0.05) is 60.1 Å². The fourth-order valence-electron chi connectivity index (χ4n) is 3.06. The SMILES string of the molecule is CCc1cccc(C)c1NC(=O)CSc1nnc(-c2ccc(Cl)cc2Cl)n1CC. The van der Waals surface area contributed by atoms with Crippen LogP contribution in [0, 0.1) is 6.92 Å². The second kappa shape index (κ2) is 9.65. The minimum absolute atomic E-state index is 0.0734. The van der Waals surface area contributed by atoms with Crippen molar-refractivity contribution in [3.63, 3.8) is 0 Å². The molecule has 1 amide bonds. The predicted molar refractivity (Wildman–Crippen MR) is 121 cm³/mol. The molecule has 0 spiro atoms. The van der Waals surface area contributed by atoms with E-state index >= 15 is 0 Å². The van der Waals surface area contributed by atoms with Crippen LogP contribution in [0.25, 0.3) is 11.4 Å². The van der Waals surface area contributed by atoms with Crippen LogP contribution in [0.5, 0.6) is 0 Å². The maximum absolute atomic E-state index is 12.5. The lowest BCUT2D eigenvalue weighted by Crippen LogP contribution is -2.16. The third kappa shape index (κ3) is 4.94. The number of halogens is 2. The summed E-state index contributed by atoms with van der Waals surface area (Å²) in [6.45, 7) is 6.73. The van der Waals surface area contributed by atoms with Crippen LogP contribution in [0.2, 0.25) is 10.0 Å². The van der Waals surface area contributed by atoms with E-state index < -0.39 is 0 Å². The van der Waals surface area contributed by atoms with Crippen LogP contribution in [0.15, 0.2) is 41.6 Å². The number of anilines is 1. The number of hydrogen-bond acceptors (Lipinski definition) is 4. The zero-order chi connectivity index (χ0) is 21.0. The van der Waals surface area contributed by atoms with Crippen molar-refractivity contribution < 1.29 is 4.79 Å². The van der Waals surface area contributed by atoms with E-state index in [-0.39, 0.29) is 11.7 Å². The van der Waals surface area contributed by atoms with Gasteiger partial charge < -0.3 is 9.88 Å². The van der Waals surface area contributed by atoms with Crippen molar-refractivity contribution in [2.75, 3.05) is 11.1 Å². The number of carbonyl (C=O) groups excluding carboxylic acids is 1. The molecular formula is C21H22Cl2N4OS. The molecule has 0 aliphatic carbocycles. The van der Waals surface area contributed by atoms with Gasteiger partial charge in [0.2, 0.25) is 5.91 Å². The molecule has 29 heavy (non-hydrogen) atoms. The van der Waals surface area contributed by atoms with Crippen molar-refractivity contribution in [3.8, 4) is 11.4 Å². The first kappa shape index (κ1) is 21.7. The summed E-state index contributed by atoms with van der Waals surface area (Å²) < 4.78 is 1.94. The van der Waals surface area contributed by atoms with Crippen molar-refractivity contribution in [1.82, 2.24) is 14.8 Å². The summed E-state index contributed by atoms with van der Waals surface area (Å²) in [7, 11) is 0. The standard InChI is InChI=1S/C21H22Cl2N4OS/c1-4-14-8-6-7-13(3)19(14)24-18(28)12-29-21-26-25-20(27(21)5-2)16-10-9-15(22)11-17(16)23/h6-11H,4-5,12H2,1-3H3,(H,24,28). The van der Waals surface area contributed by atoms with Gasteiger partial charge in [-0.25, -0.2) is 0 Å². The van der Waals surface area contributed by atoms with Gasteiger partial charge in [-0.05, 0) is 49.6 Å². The highest BCUT2D eigenvalue weighted by molar-refractivity contribution is 7.99. The van der Waals surface area contributed by atoms with Crippen LogP contribution in [-0.4, -0.2) is 26.4 Å². The number of thioether (sulfide) groups is 1. The maximum atomic E-state index is 12.5. The van der Waals surface area contributed by atoms with E-state index in [4.69, 9.17) is 23.2 Å². The second-order valence-electron chi connectivity index (χ2n) is 6.47. The van der Waals surface area contributed by atoms with Crippen LogP contribution in [-0.2, 0) is 17.8 Å². The fourth-order valence-corrected chi connectivity index (χ4v) is 4.35. The van der Waals surface area contributed by atoms with Gasteiger partial charge >= 0.3 is 0 Å². The lowest BCUT2D eigenvalue weighted by Gasteiger charge is -2.13. The van der Waals surface area contributed by atoms with Crippen LogP contribution in [0.1, 0.15) is 25.0 Å². The summed E-state index contributed by atoms with van der Waals surface area (Å²) in [4.78, 5) is 12.5. The maximum Gasteiger partial charge on any atom is 0.234 e. The Bertz CT molecular complexity index is 1040. The van der Waals surface area contributed by atoms with Crippen molar-refractivity contribution in [1.29, 1.82) is 0 Å². The number of benzene rings is 2. The Balaban J connectivity index is 1.75. The smallest absolute Gasteiger partial charge is 0.234 e. The number of para-hydroxylation sites is 1. The molecule has 0 bridgehead atoms. The molecule has 1 N–H and O–H groups in total. The zero-order valence-electron chi connectivity index (χ0n) is 16.5. The molecule has 0 saturated carbocycles. The zero-order valence-corrected chi connectivity index (χ0v) is 18.8. The fraction of sp³-hybridized carbons (Fsp3) is 0.286. The predicted octanol–water partition coefficient (Wildman–Crippen LogP) is 5.87. The highest BCUT2D eigenvalue weighted by Crippen LogP contribution is 2.31. The first-order chi connectivity index (χ1) is 13.9. The number of nitrogens with one attached hydrogen (secondary N) is 1. The molecule has 2 aromatic carbocycles. The summed E-state index contributed by atoms with van der Waals surface area (Å²) >= 11 is 13.7. The van der Waals surface area contributed by atoms with Crippen molar-refractivity contribution in [2.45, 2.75) is 38.9 Å². The molecule has 1 aromatic heterocycles. The van der Waals surface area contributed by atoms with E-state index in [1.165, 1.54) is 11.8 Å². The minimum Gasteiger partial charge on any atom is -0.325 e. The summed E-state index contributed by atoms with van der Waals surface area (Å²) in [5, 5.41) is 13.3. The molecule has 0 aliphatic heterocycles. The van der Waals surface area contributed by atoms with Gasteiger partial charge in [-0.3, -0.25) is 4.79 Å². The van der Waals surface area contributed by atoms with E-state index in [0.717, 1.165) is 28.8 Å². The summed E-state index contributed by atoms with van der Waals surface area (Å²) in [5.41, 5.74) is 3.83. The molecule has 0 atom stereocenters. The van der Waals surface area contributed by atoms with Gasteiger partial charge in [0.05, 0.1) is 10.8 Å². The lowest BCUT2D eigenvalue weighted by molar-refractivity contribution is -0.113. The summed E-state index contributed by atoms with van der Waals surface area (Å²) in [6, 6.07) is 11.3. The number of hydrogen-bond donors (Lipinski definition) is 1. The Labute approximate surface area is 184 Å². The molecule has 0 aliphatic rings. The van der Waals surface area contributed by atoms with Gasteiger partial charge in [-0.15, -0.1) is 10.2 Å². The van der Waals surface area contributed by atoms with Crippen molar-refractivity contribution >= 4 is 46.6 Å². The van der Waals surface area contributed by atoms with E-state index in [1.54, 1.807) is 12.1 Å². The molecule has 3 aromatic rings. The molecule has 0 radical (unpaired) electrons. The number of aromatic nitrogens is 3. The highest BCUT2D eigenvalue weighted by atomic mass is 35.5. The Kier molecular flexibility index (Phi) is 7.22. The van der Waals surface area contributed by atoms with Crippen molar-refractivity contribution in [3.05, 3.63) is 57.6 Å². The Hall–Kier alpha value is -2.02. The van der Waals surface area contributed by atoms with Gasteiger partial charge in [0.15, 0.2) is 11.0 Å². The van der Waals surface area contributed by atoms with E-state index in [0.29, 0.717) is 27.6 Å². The average Bonchev–Trinajstić information content (AvgIpc) is 3.10. The second-order valence-corrected chi connectivity index (χ2v) is 8.26. The Morgan fingerprint density at radius 3 is 2.66 bits per heavy atom. The molecular weight excluding hydrogens is 427 g/mol. The Morgan fingerprint density at radius 1 is 1.17 bits per heavy atom. The van der Waals surface area contributed by atoms with Gasteiger partial charge in [-0.2, -0.15) is 0 Å². The quantitative estimate of drug-likeness (QED) is 0.458.